The van der Waals surface area contributed by atoms with E-state index in [9.17, 15) is 5.11 Å². The Morgan fingerprint density at radius 3 is 2.50 bits per heavy atom. The molecule has 1 aliphatic rings. The van der Waals surface area contributed by atoms with Gasteiger partial charge in [0.1, 0.15) is 11.5 Å². The van der Waals surface area contributed by atoms with Gasteiger partial charge in [0.25, 0.3) is 0 Å². The van der Waals surface area contributed by atoms with E-state index in [2.05, 4.69) is 6.92 Å². The van der Waals surface area contributed by atoms with Gasteiger partial charge in [0, 0.05) is 11.6 Å². The highest BCUT2D eigenvalue weighted by Gasteiger charge is 2.22. The van der Waals surface area contributed by atoms with Crippen LogP contribution in [0.3, 0.4) is 0 Å². The molecule has 0 spiro atoms. The van der Waals surface area contributed by atoms with Crippen LogP contribution in [0.25, 0.3) is 0 Å². The maximum absolute atomic E-state index is 9.86. The van der Waals surface area contributed by atoms with Crippen molar-refractivity contribution in [3.63, 3.8) is 0 Å². The van der Waals surface area contributed by atoms with Gasteiger partial charge in [-0.25, -0.2) is 0 Å². The van der Waals surface area contributed by atoms with E-state index < -0.39 is 6.10 Å². The van der Waals surface area contributed by atoms with Crippen LogP contribution in [0.2, 0.25) is 0 Å². The van der Waals surface area contributed by atoms with E-state index in [1.54, 1.807) is 14.0 Å². The second-order valence-electron chi connectivity index (χ2n) is 5.75. The standard InChI is InChI=1S/C17H26O3/c1-4-13-5-7-14(8-6-13)20-17-11-15(19-3)9-10-16(17)12(2)18/h9-14,18H,4-8H2,1-3H3/t12-,13?,14?/m1/s1. The quantitative estimate of drug-likeness (QED) is 0.881. The van der Waals surface area contributed by atoms with Gasteiger partial charge in [-0.1, -0.05) is 13.3 Å². The summed E-state index contributed by atoms with van der Waals surface area (Å²) in [6, 6.07) is 5.63. The first-order valence-corrected chi connectivity index (χ1v) is 7.66. The summed E-state index contributed by atoms with van der Waals surface area (Å²) in [6.45, 7) is 4.03. The molecular formula is C17H26O3. The molecule has 0 amide bonds. The van der Waals surface area contributed by atoms with Crippen molar-refractivity contribution in [1.29, 1.82) is 0 Å². The zero-order valence-corrected chi connectivity index (χ0v) is 12.8. The number of hydrogen-bond acceptors (Lipinski definition) is 3. The number of aliphatic hydroxyl groups is 1. The first kappa shape index (κ1) is 15.2. The van der Waals surface area contributed by atoms with Crippen LogP contribution in [0.4, 0.5) is 0 Å². The Bertz CT molecular complexity index is 420. The summed E-state index contributed by atoms with van der Waals surface area (Å²) >= 11 is 0. The first-order chi connectivity index (χ1) is 9.63. The lowest BCUT2D eigenvalue weighted by Gasteiger charge is -2.29. The lowest BCUT2D eigenvalue weighted by atomic mass is 9.86. The molecule has 1 aliphatic carbocycles. The van der Waals surface area contributed by atoms with E-state index in [-0.39, 0.29) is 6.10 Å². The summed E-state index contributed by atoms with van der Waals surface area (Å²) in [4.78, 5) is 0. The average Bonchev–Trinajstić information content (AvgIpc) is 2.47. The van der Waals surface area contributed by atoms with Crippen molar-refractivity contribution < 1.29 is 14.6 Å². The van der Waals surface area contributed by atoms with E-state index in [1.165, 1.54) is 19.3 Å². The summed E-state index contributed by atoms with van der Waals surface area (Å²) in [5, 5.41) is 9.86. The molecule has 1 fully saturated rings. The highest BCUT2D eigenvalue weighted by molar-refractivity contribution is 5.42. The minimum Gasteiger partial charge on any atom is -0.497 e. The van der Waals surface area contributed by atoms with Gasteiger partial charge in [-0.15, -0.1) is 0 Å². The van der Waals surface area contributed by atoms with Crippen LogP contribution in [-0.2, 0) is 0 Å². The molecule has 0 aromatic heterocycles. The molecule has 0 aliphatic heterocycles. The molecule has 0 bridgehead atoms. The highest BCUT2D eigenvalue weighted by Crippen LogP contribution is 2.34. The van der Waals surface area contributed by atoms with E-state index in [0.29, 0.717) is 0 Å². The zero-order valence-electron chi connectivity index (χ0n) is 12.8. The van der Waals surface area contributed by atoms with E-state index >= 15 is 0 Å². The average molecular weight is 278 g/mol. The molecule has 1 aromatic carbocycles. The Kier molecular flexibility index (Phi) is 5.30. The number of methoxy groups -OCH3 is 1. The van der Waals surface area contributed by atoms with Crippen LogP contribution in [0.1, 0.15) is 57.6 Å². The monoisotopic (exact) mass is 278 g/mol. The summed E-state index contributed by atoms with van der Waals surface area (Å²) in [7, 11) is 1.65. The van der Waals surface area contributed by atoms with Crippen molar-refractivity contribution in [3.05, 3.63) is 23.8 Å². The molecule has 1 saturated carbocycles. The predicted molar refractivity (Wildman–Crippen MR) is 80.3 cm³/mol. The summed E-state index contributed by atoms with van der Waals surface area (Å²) in [6.07, 6.45) is 5.71. The lowest BCUT2D eigenvalue weighted by Crippen LogP contribution is -2.24. The highest BCUT2D eigenvalue weighted by atomic mass is 16.5. The van der Waals surface area contributed by atoms with Gasteiger partial charge >= 0.3 is 0 Å². The molecule has 0 heterocycles. The molecule has 1 atom stereocenters. The normalized spacial score (nSPS) is 24.2. The number of aliphatic hydroxyl groups excluding tert-OH is 1. The number of benzene rings is 1. The van der Waals surface area contributed by atoms with Gasteiger partial charge in [0.2, 0.25) is 0 Å². The van der Waals surface area contributed by atoms with Crippen molar-refractivity contribution in [2.75, 3.05) is 7.11 Å². The van der Waals surface area contributed by atoms with E-state index in [4.69, 9.17) is 9.47 Å². The molecule has 1 N–H and O–H groups in total. The zero-order chi connectivity index (χ0) is 14.5. The third-order valence-electron chi connectivity index (χ3n) is 4.34. The number of rotatable bonds is 5. The second-order valence-corrected chi connectivity index (χ2v) is 5.75. The van der Waals surface area contributed by atoms with Gasteiger partial charge < -0.3 is 14.6 Å². The molecule has 0 saturated heterocycles. The van der Waals surface area contributed by atoms with E-state index in [1.807, 2.05) is 18.2 Å². The first-order valence-electron chi connectivity index (χ1n) is 7.66. The molecule has 0 radical (unpaired) electrons. The molecule has 3 nitrogen and oxygen atoms in total. The van der Waals surface area contributed by atoms with Gasteiger partial charge in [0.15, 0.2) is 0 Å². The third kappa shape index (κ3) is 3.66. The second kappa shape index (κ2) is 6.98. The van der Waals surface area contributed by atoms with Gasteiger partial charge in [-0.2, -0.15) is 0 Å². The molecular weight excluding hydrogens is 252 g/mol. The van der Waals surface area contributed by atoms with Gasteiger partial charge in [-0.05, 0) is 50.7 Å². The minimum absolute atomic E-state index is 0.266. The maximum Gasteiger partial charge on any atom is 0.129 e. The number of ether oxygens (including phenoxy) is 2. The summed E-state index contributed by atoms with van der Waals surface area (Å²) < 4.78 is 11.4. The van der Waals surface area contributed by atoms with Crippen molar-refractivity contribution >= 4 is 0 Å². The molecule has 3 heteroatoms. The van der Waals surface area contributed by atoms with Gasteiger partial charge in [-0.3, -0.25) is 0 Å². The van der Waals surface area contributed by atoms with Crippen molar-refractivity contribution in [2.24, 2.45) is 5.92 Å². The maximum atomic E-state index is 9.86. The molecule has 0 unspecified atom stereocenters. The van der Waals surface area contributed by atoms with E-state index in [0.717, 1.165) is 35.8 Å². The Labute approximate surface area is 121 Å². The molecule has 2 rings (SSSR count). The van der Waals surface area contributed by atoms with Crippen LogP contribution < -0.4 is 9.47 Å². The van der Waals surface area contributed by atoms with Crippen molar-refractivity contribution in [3.8, 4) is 11.5 Å². The Hall–Kier alpha value is -1.22. The van der Waals surface area contributed by atoms with Crippen LogP contribution in [-0.4, -0.2) is 18.3 Å². The summed E-state index contributed by atoms with van der Waals surface area (Å²) in [5.74, 6) is 2.39. The largest absolute Gasteiger partial charge is 0.497 e. The topological polar surface area (TPSA) is 38.7 Å². The molecule has 112 valence electrons. The van der Waals surface area contributed by atoms with Crippen molar-refractivity contribution in [2.45, 2.75) is 58.2 Å². The smallest absolute Gasteiger partial charge is 0.129 e. The fraction of sp³-hybridized carbons (Fsp3) is 0.647. The Morgan fingerprint density at radius 1 is 1.25 bits per heavy atom. The minimum atomic E-state index is -0.525. The van der Waals surface area contributed by atoms with Crippen LogP contribution in [0.15, 0.2) is 18.2 Å². The fourth-order valence-corrected chi connectivity index (χ4v) is 2.93. The number of hydrogen-bond donors (Lipinski definition) is 1. The predicted octanol–water partition coefficient (Wildman–Crippen LogP) is 4.10. The fourth-order valence-electron chi connectivity index (χ4n) is 2.93. The lowest BCUT2D eigenvalue weighted by molar-refractivity contribution is 0.121. The molecule has 20 heavy (non-hydrogen) atoms. The molecule has 1 aromatic rings. The third-order valence-corrected chi connectivity index (χ3v) is 4.34. The van der Waals surface area contributed by atoms with Crippen molar-refractivity contribution in [1.82, 2.24) is 0 Å². The van der Waals surface area contributed by atoms with Crippen LogP contribution >= 0.6 is 0 Å². The Balaban J connectivity index is 2.07. The SMILES string of the molecule is CCC1CCC(Oc2cc(OC)ccc2[C@@H](C)O)CC1. The van der Waals surface area contributed by atoms with Gasteiger partial charge in [0.05, 0.1) is 19.3 Å². The van der Waals surface area contributed by atoms with Crippen LogP contribution in [0.5, 0.6) is 11.5 Å². The summed E-state index contributed by atoms with van der Waals surface area (Å²) in [5.41, 5.74) is 0.836. The van der Waals surface area contributed by atoms with Crippen LogP contribution in [0, 0.1) is 5.92 Å². The Morgan fingerprint density at radius 2 is 1.95 bits per heavy atom.